The van der Waals surface area contributed by atoms with E-state index in [-0.39, 0.29) is 0 Å². The third kappa shape index (κ3) is 4.62. The number of rotatable bonds is 5. The normalized spacial score (nSPS) is 14.9. The molecular weight excluding hydrogens is 214 g/mol. The molecule has 15 heavy (non-hydrogen) atoms. The van der Waals surface area contributed by atoms with Gasteiger partial charge in [0.1, 0.15) is 0 Å². The van der Waals surface area contributed by atoms with Crippen molar-refractivity contribution < 1.29 is 10.2 Å². The second kappa shape index (κ2) is 6.08. The Kier molecular flexibility index (Phi) is 5.05. The van der Waals surface area contributed by atoms with Crippen molar-refractivity contribution in [1.29, 1.82) is 0 Å². The van der Waals surface area contributed by atoms with Gasteiger partial charge in [-0.2, -0.15) is 0 Å². The predicted molar refractivity (Wildman–Crippen MR) is 61.0 cm³/mol. The number of aliphatic hydroxyl groups is 2. The summed E-state index contributed by atoms with van der Waals surface area (Å²) in [7, 11) is 0. The first-order chi connectivity index (χ1) is 7.09. The minimum atomic E-state index is -0.569. The van der Waals surface area contributed by atoms with Crippen LogP contribution < -0.4 is 5.32 Å². The van der Waals surface area contributed by atoms with Crippen LogP contribution in [-0.2, 0) is 0 Å². The molecule has 1 aromatic carbocycles. The van der Waals surface area contributed by atoms with Crippen molar-refractivity contribution in [2.45, 2.75) is 19.1 Å². The molecule has 0 amide bonds. The fourth-order valence-corrected chi connectivity index (χ4v) is 1.36. The molecule has 1 aromatic rings. The van der Waals surface area contributed by atoms with Gasteiger partial charge in [-0.25, -0.2) is 0 Å². The van der Waals surface area contributed by atoms with Crippen LogP contribution in [0.2, 0.25) is 5.02 Å². The molecule has 1 rings (SSSR count). The van der Waals surface area contributed by atoms with Gasteiger partial charge in [0, 0.05) is 18.1 Å². The highest BCUT2D eigenvalue weighted by Crippen LogP contribution is 2.15. The van der Waals surface area contributed by atoms with Gasteiger partial charge in [0.2, 0.25) is 0 Å². The predicted octanol–water partition coefficient (Wildman–Crippen LogP) is 1.34. The van der Waals surface area contributed by atoms with Crippen LogP contribution in [0.1, 0.15) is 18.6 Å². The van der Waals surface area contributed by atoms with Gasteiger partial charge in [-0.3, -0.25) is 0 Å². The number of halogens is 1. The Balaban J connectivity index is 2.40. The molecular formula is C11H16ClNO2. The lowest BCUT2D eigenvalue weighted by atomic mass is 10.1. The van der Waals surface area contributed by atoms with E-state index in [1.54, 1.807) is 31.2 Å². The summed E-state index contributed by atoms with van der Waals surface area (Å²) in [6.07, 6.45) is -0.969. The average Bonchev–Trinajstić information content (AvgIpc) is 2.18. The molecule has 3 nitrogen and oxygen atoms in total. The van der Waals surface area contributed by atoms with E-state index in [0.717, 1.165) is 5.56 Å². The maximum Gasteiger partial charge on any atom is 0.0914 e. The van der Waals surface area contributed by atoms with Gasteiger partial charge < -0.3 is 15.5 Å². The molecule has 0 spiro atoms. The van der Waals surface area contributed by atoms with Crippen LogP contribution >= 0.6 is 11.6 Å². The highest BCUT2D eigenvalue weighted by atomic mass is 35.5. The largest absolute Gasteiger partial charge is 0.392 e. The molecule has 0 bridgehead atoms. The minimum absolute atomic E-state index is 0.401. The number of aliphatic hydroxyl groups excluding tert-OH is 2. The maximum absolute atomic E-state index is 9.74. The summed E-state index contributed by atoms with van der Waals surface area (Å²) < 4.78 is 0. The number of hydrogen-bond acceptors (Lipinski definition) is 3. The van der Waals surface area contributed by atoms with Crippen molar-refractivity contribution in [2.24, 2.45) is 0 Å². The highest BCUT2D eigenvalue weighted by molar-refractivity contribution is 6.30. The van der Waals surface area contributed by atoms with Crippen molar-refractivity contribution in [3.8, 4) is 0 Å². The zero-order valence-corrected chi connectivity index (χ0v) is 9.41. The lowest BCUT2D eigenvalue weighted by molar-refractivity contribution is 0.155. The Morgan fingerprint density at radius 3 is 2.33 bits per heavy atom. The second-order valence-electron chi connectivity index (χ2n) is 3.57. The molecule has 3 N–H and O–H groups in total. The molecule has 4 heteroatoms. The van der Waals surface area contributed by atoms with Crippen molar-refractivity contribution >= 4 is 11.6 Å². The molecule has 2 atom stereocenters. The fourth-order valence-electron chi connectivity index (χ4n) is 1.23. The second-order valence-corrected chi connectivity index (χ2v) is 4.01. The average molecular weight is 230 g/mol. The number of nitrogens with one attached hydrogen (secondary N) is 1. The topological polar surface area (TPSA) is 52.5 Å². The zero-order valence-electron chi connectivity index (χ0n) is 8.65. The third-order valence-corrected chi connectivity index (χ3v) is 2.28. The molecule has 2 unspecified atom stereocenters. The summed E-state index contributed by atoms with van der Waals surface area (Å²) >= 11 is 5.73. The fraction of sp³-hybridized carbons (Fsp3) is 0.455. The standard InChI is InChI=1S/C11H16ClNO2/c1-8(14)6-13-7-11(15)9-2-4-10(12)5-3-9/h2-5,8,11,13-15H,6-7H2,1H3. The highest BCUT2D eigenvalue weighted by Gasteiger charge is 2.06. The smallest absolute Gasteiger partial charge is 0.0914 e. The summed E-state index contributed by atoms with van der Waals surface area (Å²) in [4.78, 5) is 0. The first-order valence-corrected chi connectivity index (χ1v) is 5.29. The van der Waals surface area contributed by atoms with Gasteiger partial charge in [-0.15, -0.1) is 0 Å². The maximum atomic E-state index is 9.74. The summed E-state index contributed by atoms with van der Waals surface area (Å²) in [6, 6.07) is 7.07. The summed E-state index contributed by atoms with van der Waals surface area (Å²) in [5, 5.41) is 22.4. The van der Waals surface area contributed by atoms with Crippen molar-refractivity contribution in [3.05, 3.63) is 34.9 Å². The molecule has 84 valence electrons. The first kappa shape index (κ1) is 12.5. The van der Waals surface area contributed by atoms with Gasteiger partial charge in [0.05, 0.1) is 12.2 Å². The monoisotopic (exact) mass is 229 g/mol. The lowest BCUT2D eigenvalue weighted by Crippen LogP contribution is -2.28. The summed E-state index contributed by atoms with van der Waals surface area (Å²) in [5.74, 6) is 0. The van der Waals surface area contributed by atoms with Gasteiger partial charge in [-0.05, 0) is 24.6 Å². The number of hydrogen-bond donors (Lipinski definition) is 3. The van der Waals surface area contributed by atoms with Crippen LogP contribution in [-0.4, -0.2) is 29.4 Å². The Hall–Kier alpha value is -0.610. The van der Waals surface area contributed by atoms with E-state index in [1.807, 2.05) is 0 Å². The van der Waals surface area contributed by atoms with Crippen LogP contribution in [0.15, 0.2) is 24.3 Å². The van der Waals surface area contributed by atoms with E-state index in [0.29, 0.717) is 18.1 Å². The molecule has 0 heterocycles. The molecule has 0 aliphatic heterocycles. The molecule has 0 fully saturated rings. The Morgan fingerprint density at radius 2 is 1.80 bits per heavy atom. The Bertz CT molecular complexity index is 287. The van der Waals surface area contributed by atoms with Gasteiger partial charge in [-0.1, -0.05) is 23.7 Å². The molecule has 0 saturated carbocycles. The van der Waals surface area contributed by atoms with Crippen LogP contribution in [0.4, 0.5) is 0 Å². The van der Waals surface area contributed by atoms with E-state index in [4.69, 9.17) is 16.7 Å². The third-order valence-electron chi connectivity index (χ3n) is 2.03. The van der Waals surface area contributed by atoms with Crippen LogP contribution in [0.25, 0.3) is 0 Å². The van der Waals surface area contributed by atoms with E-state index in [1.165, 1.54) is 0 Å². The van der Waals surface area contributed by atoms with Gasteiger partial charge in [0.25, 0.3) is 0 Å². The lowest BCUT2D eigenvalue weighted by Gasteiger charge is -2.13. The molecule has 0 aliphatic rings. The van der Waals surface area contributed by atoms with E-state index in [2.05, 4.69) is 5.32 Å². The van der Waals surface area contributed by atoms with E-state index < -0.39 is 12.2 Å². The summed E-state index contributed by atoms with van der Waals surface area (Å²) in [5.41, 5.74) is 0.817. The first-order valence-electron chi connectivity index (χ1n) is 4.92. The minimum Gasteiger partial charge on any atom is -0.392 e. The molecule has 0 aromatic heterocycles. The van der Waals surface area contributed by atoms with Crippen LogP contribution in [0, 0.1) is 0 Å². The van der Waals surface area contributed by atoms with Crippen LogP contribution in [0.3, 0.4) is 0 Å². The Labute approximate surface area is 94.7 Å². The summed E-state index contributed by atoms with van der Waals surface area (Å²) in [6.45, 7) is 2.60. The van der Waals surface area contributed by atoms with Crippen molar-refractivity contribution in [1.82, 2.24) is 5.32 Å². The van der Waals surface area contributed by atoms with Crippen LogP contribution in [0.5, 0.6) is 0 Å². The SMILES string of the molecule is CC(O)CNCC(O)c1ccc(Cl)cc1. The molecule has 0 radical (unpaired) electrons. The molecule has 0 saturated heterocycles. The van der Waals surface area contributed by atoms with Gasteiger partial charge >= 0.3 is 0 Å². The van der Waals surface area contributed by atoms with Crippen molar-refractivity contribution in [3.63, 3.8) is 0 Å². The van der Waals surface area contributed by atoms with E-state index in [9.17, 15) is 5.11 Å². The van der Waals surface area contributed by atoms with E-state index >= 15 is 0 Å². The Morgan fingerprint density at radius 1 is 1.20 bits per heavy atom. The quantitative estimate of drug-likeness (QED) is 0.715. The van der Waals surface area contributed by atoms with Gasteiger partial charge in [0.15, 0.2) is 0 Å². The zero-order chi connectivity index (χ0) is 11.3. The van der Waals surface area contributed by atoms with Crippen molar-refractivity contribution in [2.75, 3.05) is 13.1 Å². The number of benzene rings is 1. The molecule has 0 aliphatic carbocycles.